The second-order valence-electron chi connectivity index (χ2n) is 9.00. The number of hydrogen-bond acceptors (Lipinski definition) is 7. The molecule has 1 saturated heterocycles. The fraction of sp³-hybridized carbons (Fsp3) is 0.385. The first-order chi connectivity index (χ1) is 17.8. The summed E-state index contributed by atoms with van der Waals surface area (Å²) in [6, 6.07) is 10.6. The number of hydrogen-bond donors (Lipinski definition) is 1. The van der Waals surface area contributed by atoms with E-state index in [9.17, 15) is 18.0 Å². The zero-order chi connectivity index (χ0) is 25.8. The molecule has 2 aliphatic rings. The molecule has 1 unspecified atom stereocenters. The van der Waals surface area contributed by atoms with Gasteiger partial charge in [-0.05, 0) is 48.2 Å². The first-order valence-corrected chi connectivity index (χ1v) is 11.9. The number of aromatic nitrogens is 1. The second-order valence-corrected chi connectivity index (χ2v) is 9.00. The maximum Gasteiger partial charge on any atom is 0.416 e. The summed E-state index contributed by atoms with van der Waals surface area (Å²) in [5.41, 5.74) is 1.06. The summed E-state index contributed by atoms with van der Waals surface area (Å²) >= 11 is 0. The summed E-state index contributed by atoms with van der Waals surface area (Å²) in [6.45, 7) is 2.25. The number of benzene rings is 2. The highest BCUT2D eigenvalue weighted by molar-refractivity contribution is 5.91. The number of fused-ring (bicyclic) bond motifs is 1. The van der Waals surface area contributed by atoms with Gasteiger partial charge in [0.1, 0.15) is 6.26 Å². The van der Waals surface area contributed by atoms with E-state index >= 15 is 0 Å². The van der Waals surface area contributed by atoms with Crippen LogP contribution in [0.3, 0.4) is 0 Å². The van der Waals surface area contributed by atoms with E-state index in [0.717, 1.165) is 30.5 Å². The summed E-state index contributed by atoms with van der Waals surface area (Å²) in [5, 5.41) is 2.81. The van der Waals surface area contributed by atoms with E-state index in [-0.39, 0.29) is 31.0 Å². The lowest BCUT2D eigenvalue weighted by atomic mass is 10.1. The number of halogens is 3. The Balaban J connectivity index is 1.28. The molecule has 1 fully saturated rings. The average Bonchev–Trinajstić information content (AvgIpc) is 3.64. The predicted molar refractivity (Wildman–Crippen MR) is 125 cm³/mol. The molecule has 1 aromatic heterocycles. The van der Waals surface area contributed by atoms with Gasteiger partial charge in [-0.2, -0.15) is 13.2 Å². The standard InChI is InChI=1S/C26H26F3N3O5/c27-26(28,29)19-6-3-17(4-7-19)12-32(13-18-5-8-22-23(10-18)37-16-36-22)14-24-31-21(15-35-24)25(33)30-11-20-2-1-9-34-20/h3-8,10,15,20H,1-2,9,11-14,16H2,(H,30,33). The first-order valence-electron chi connectivity index (χ1n) is 11.9. The van der Waals surface area contributed by atoms with Crippen LogP contribution >= 0.6 is 0 Å². The van der Waals surface area contributed by atoms with Gasteiger partial charge < -0.3 is 23.9 Å². The second kappa shape index (κ2) is 10.8. The molecular formula is C26H26F3N3O5. The van der Waals surface area contributed by atoms with Crippen molar-refractivity contribution in [2.75, 3.05) is 19.9 Å². The Morgan fingerprint density at radius 3 is 2.54 bits per heavy atom. The van der Waals surface area contributed by atoms with Gasteiger partial charge in [-0.25, -0.2) is 4.98 Å². The number of alkyl halides is 3. The van der Waals surface area contributed by atoms with Gasteiger partial charge in [0.05, 0.1) is 18.2 Å². The molecule has 0 radical (unpaired) electrons. The lowest BCUT2D eigenvalue weighted by Gasteiger charge is -2.21. The largest absolute Gasteiger partial charge is 0.454 e. The van der Waals surface area contributed by atoms with E-state index in [2.05, 4.69) is 10.3 Å². The molecule has 1 atom stereocenters. The molecule has 5 rings (SSSR count). The Morgan fingerprint density at radius 2 is 1.78 bits per heavy atom. The van der Waals surface area contributed by atoms with Gasteiger partial charge in [-0.15, -0.1) is 0 Å². The maximum atomic E-state index is 13.0. The van der Waals surface area contributed by atoms with E-state index in [1.54, 1.807) is 0 Å². The molecule has 3 heterocycles. The average molecular weight is 518 g/mol. The Kier molecular flexibility index (Phi) is 7.33. The fourth-order valence-corrected chi connectivity index (χ4v) is 4.30. The van der Waals surface area contributed by atoms with Crippen molar-refractivity contribution in [1.29, 1.82) is 0 Å². The number of amides is 1. The Hall–Kier alpha value is -3.57. The van der Waals surface area contributed by atoms with Crippen LogP contribution in [0.25, 0.3) is 0 Å². The Bertz CT molecular complexity index is 1220. The van der Waals surface area contributed by atoms with E-state index in [1.165, 1.54) is 18.4 Å². The van der Waals surface area contributed by atoms with Crippen molar-refractivity contribution >= 4 is 5.91 Å². The van der Waals surface area contributed by atoms with E-state index < -0.39 is 11.7 Å². The van der Waals surface area contributed by atoms with Crippen LogP contribution in [0.2, 0.25) is 0 Å². The van der Waals surface area contributed by atoms with E-state index in [4.69, 9.17) is 18.6 Å². The number of carbonyl (C=O) groups is 1. The lowest BCUT2D eigenvalue weighted by Crippen LogP contribution is -2.32. The van der Waals surface area contributed by atoms with Crippen LogP contribution in [-0.2, 0) is 30.5 Å². The van der Waals surface area contributed by atoms with Gasteiger partial charge >= 0.3 is 6.18 Å². The SMILES string of the molecule is O=C(NCC1CCCO1)c1coc(CN(Cc2ccc(C(F)(F)F)cc2)Cc2ccc3c(c2)OCO3)n1. The predicted octanol–water partition coefficient (Wildman–Crippen LogP) is 4.53. The Morgan fingerprint density at radius 1 is 1.03 bits per heavy atom. The molecule has 3 aromatic rings. The minimum Gasteiger partial charge on any atom is -0.454 e. The molecule has 196 valence electrons. The van der Waals surface area contributed by atoms with Gasteiger partial charge in [0.2, 0.25) is 12.7 Å². The van der Waals surface area contributed by atoms with Crippen molar-refractivity contribution in [3.63, 3.8) is 0 Å². The molecular weight excluding hydrogens is 491 g/mol. The molecule has 0 saturated carbocycles. The van der Waals surface area contributed by atoms with Crippen LogP contribution in [0.1, 0.15) is 45.9 Å². The summed E-state index contributed by atoms with van der Waals surface area (Å²) in [6.07, 6.45) is -1.20. The molecule has 8 nitrogen and oxygen atoms in total. The van der Waals surface area contributed by atoms with Gasteiger partial charge in [0.15, 0.2) is 17.2 Å². The molecule has 0 spiro atoms. The normalized spacial score (nSPS) is 16.9. The van der Waals surface area contributed by atoms with Crippen molar-refractivity contribution in [2.24, 2.45) is 0 Å². The van der Waals surface area contributed by atoms with Crippen LogP contribution in [0, 0.1) is 0 Å². The van der Waals surface area contributed by atoms with Crippen molar-refractivity contribution in [3.05, 3.63) is 77.0 Å². The number of nitrogens with zero attached hydrogens (tertiary/aromatic N) is 2. The molecule has 2 aliphatic heterocycles. The monoisotopic (exact) mass is 517 g/mol. The quantitative estimate of drug-likeness (QED) is 0.446. The van der Waals surface area contributed by atoms with Crippen LogP contribution in [0.5, 0.6) is 11.5 Å². The number of nitrogens with one attached hydrogen (secondary N) is 1. The summed E-state index contributed by atoms with van der Waals surface area (Å²) in [4.78, 5) is 18.8. The number of carbonyl (C=O) groups excluding carboxylic acids is 1. The lowest BCUT2D eigenvalue weighted by molar-refractivity contribution is -0.137. The van der Waals surface area contributed by atoms with Gasteiger partial charge in [0, 0.05) is 26.2 Å². The summed E-state index contributed by atoms with van der Waals surface area (Å²) in [5.74, 6) is 1.25. The summed E-state index contributed by atoms with van der Waals surface area (Å²) in [7, 11) is 0. The minimum atomic E-state index is -4.40. The molecule has 0 bridgehead atoms. The summed E-state index contributed by atoms with van der Waals surface area (Å²) < 4.78 is 60.9. The number of oxazole rings is 1. The first kappa shape index (κ1) is 25.1. The van der Waals surface area contributed by atoms with Crippen LogP contribution in [0.15, 0.2) is 53.1 Å². The molecule has 1 amide bonds. The fourth-order valence-electron chi connectivity index (χ4n) is 4.30. The van der Waals surface area contributed by atoms with Crippen molar-refractivity contribution in [1.82, 2.24) is 15.2 Å². The molecule has 0 aliphatic carbocycles. The van der Waals surface area contributed by atoms with Crippen molar-refractivity contribution in [2.45, 2.75) is 44.8 Å². The Labute approximate surface area is 211 Å². The molecule has 1 N–H and O–H groups in total. The van der Waals surface area contributed by atoms with Gasteiger partial charge in [-0.3, -0.25) is 9.69 Å². The zero-order valence-electron chi connectivity index (χ0n) is 19.9. The molecule has 37 heavy (non-hydrogen) atoms. The minimum absolute atomic E-state index is 0.0104. The van der Waals surface area contributed by atoms with Gasteiger partial charge in [0.25, 0.3) is 5.91 Å². The van der Waals surface area contributed by atoms with E-state index in [1.807, 2.05) is 23.1 Å². The third-order valence-electron chi connectivity index (χ3n) is 6.19. The van der Waals surface area contributed by atoms with Crippen LogP contribution < -0.4 is 14.8 Å². The maximum absolute atomic E-state index is 13.0. The van der Waals surface area contributed by atoms with E-state index in [0.29, 0.717) is 49.2 Å². The van der Waals surface area contributed by atoms with Crippen molar-refractivity contribution in [3.8, 4) is 11.5 Å². The van der Waals surface area contributed by atoms with Crippen LogP contribution in [-0.4, -0.2) is 41.8 Å². The topological polar surface area (TPSA) is 86.1 Å². The zero-order valence-corrected chi connectivity index (χ0v) is 19.9. The number of ether oxygens (including phenoxy) is 3. The molecule has 11 heteroatoms. The highest BCUT2D eigenvalue weighted by Crippen LogP contribution is 2.33. The van der Waals surface area contributed by atoms with Crippen molar-refractivity contribution < 1.29 is 36.6 Å². The number of rotatable bonds is 9. The molecule has 2 aromatic carbocycles. The highest BCUT2D eigenvalue weighted by atomic mass is 19.4. The highest BCUT2D eigenvalue weighted by Gasteiger charge is 2.30. The van der Waals surface area contributed by atoms with Crippen LogP contribution in [0.4, 0.5) is 13.2 Å². The third-order valence-corrected chi connectivity index (χ3v) is 6.19. The smallest absolute Gasteiger partial charge is 0.416 e. The third kappa shape index (κ3) is 6.41. The van der Waals surface area contributed by atoms with Gasteiger partial charge in [-0.1, -0.05) is 18.2 Å².